The molecule has 0 aliphatic carbocycles. The molecule has 1 aliphatic rings. The zero-order valence-electron chi connectivity index (χ0n) is 9.23. The topological polar surface area (TPSA) is 102 Å². The van der Waals surface area contributed by atoms with Crippen LogP contribution in [0.3, 0.4) is 0 Å². The second-order valence-corrected chi connectivity index (χ2v) is 3.90. The fourth-order valence-corrected chi connectivity index (χ4v) is 1.69. The lowest BCUT2D eigenvalue weighted by atomic mass is 9.99. The van der Waals surface area contributed by atoms with E-state index in [2.05, 4.69) is 10.3 Å². The van der Waals surface area contributed by atoms with E-state index >= 15 is 0 Å². The molecule has 0 saturated carbocycles. The van der Waals surface area contributed by atoms with Crippen molar-refractivity contribution in [3.05, 3.63) is 17.8 Å². The first kappa shape index (κ1) is 11.6. The highest BCUT2D eigenvalue weighted by Crippen LogP contribution is 2.20. The van der Waals surface area contributed by atoms with Crippen LogP contribution in [0.1, 0.15) is 22.7 Å². The fourth-order valence-electron chi connectivity index (χ4n) is 1.69. The van der Waals surface area contributed by atoms with Crippen LogP contribution in [0.4, 0.5) is 0 Å². The molecule has 1 aromatic rings. The van der Waals surface area contributed by atoms with Gasteiger partial charge >= 0.3 is 5.97 Å². The highest BCUT2D eigenvalue weighted by atomic mass is 16.5. The number of rotatable bonds is 3. The summed E-state index contributed by atoms with van der Waals surface area (Å²) in [5, 5.41) is 11.6. The lowest BCUT2D eigenvalue weighted by molar-refractivity contribution is -0.144. The van der Waals surface area contributed by atoms with Crippen molar-refractivity contribution >= 4 is 11.9 Å². The van der Waals surface area contributed by atoms with E-state index in [1.54, 1.807) is 6.92 Å². The molecule has 1 aliphatic heterocycles. The van der Waals surface area contributed by atoms with Gasteiger partial charge in [0.2, 0.25) is 0 Å². The summed E-state index contributed by atoms with van der Waals surface area (Å²) in [6.45, 7) is 1.86. The minimum Gasteiger partial charge on any atom is -0.479 e. The predicted octanol–water partition coefficient (Wildman–Crippen LogP) is -0.0435. The van der Waals surface area contributed by atoms with Gasteiger partial charge in [0.25, 0.3) is 5.91 Å². The number of nitrogens with one attached hydrogen (secondary N) is 1. The van der Waals surface area contributed by atoms with Gasteiger partial charge in [0.1, 0.15) is 5.76 Å². The van der Waals surface area contributed by atoms with E-state index in [1.807, 2.05) is 0 Å². The molecule has 1 aromatic heterocycles. The molecule has 17 heavy (non-hydrogen) atoms. The molecule has 1 amide bonds. The number of aliphatic carboxylic acids is 1. The van der Waals surface area contributed by atoms with Gasteiger partial charge in [-0.15, -0.1) is 0 Å². The molecule has 2 rings (SSSR count). The third kappa shape index (κ3) is 2.01. The molecular weight excluding hydrogens is 228 g/mol. The Bertz CT molecular complexity index is 447. The van der Waals surface area contributed by atoms with Crippen molar-refractivity contribution in [1.82, 2.24) is 10.3 Å². The molecule has 0 bridgehead atoms. The standard InChI is InChI=1S/C10H12N2O5/c1-6-7(11-5-17-6)8(13)12-10(9(14)15)2-3-16-4-10/h5H,2-4H2,1H3,(H,12,13)(H,14,15). The van der Waals surface area contributed by atoms with Gasteiger partial charge in [-0.2, -0.15) is 0 Å². The number of ether oxygens (including phenoxy) is 1. The van der Waals surface area contributed by atoms with Crippen molar-refractivity contribution in [1.29, 1.82) is 0 Å². The average molecular weight is 240 g/mol. The number of oxazole rings is 1. The van der Waals surface area contributed by atoms with Crippen LogP contribution >= 0.6 is 0 Å². The molecule has 0 radical (unpaired) electrons. The molecule has 2 N–H and O–H groups in total. The Morgan fingerprint density at radius 2 is 2.35 bits per heavy atom. The number of carbonyl (C=O) groups excluding carboxylic acids is 1. The van der Waals surface area contributed by atoms with E-state index in [4.69, 9.17) is 14.3 Å². The molecule has 92 valence electrons. The number of carboxylic acid groups (broad SMARTS) is 1. The number of hydrogen-bond donors (Lipinski definition) is 2. The molecule has 1 saturated heterocycles. The summed E-state index contributed by atoms with van der Waals surface area (Å²) >= 11 is 0. The van der Waals surface area contributed by atoms with Crippen LogP contribution in [0.25, 0.3) is 0 Å². The van der Waals surface area contributed by atoms with E-state index in [-0.39, 0.29) is 18.7 Å². The second-order valence-electron chi connectivity index (χ2n) is 3.90. The maximum Gasteiger partial charge on any atom is 0.331 e. The monoisotopic (exact) mass is 240 g/mol. The first-order valence-electron chi connectivity index (χ1n) is 5.09. The maximum absolute atomic E-state index is 11.8. The molecule has 1 atom stereocenters. The zero-order chi connectivity index (χ0) is 12.5. The van der Waals surface area contributed by atoms with Crippen molar-refractivity contribution < 1.29 is 23.8 Å². The summed E-state index contributed by atoms with van der Waals surface area (Å²) < 4.78 is 9.92. The average Bonchev–Trinajstić information content (AvgIpc) is 2.87. The maximum atomic E-state index is 11.8. The van der Waals surface area contributed by atoms with Crippen molar-refractivity contribution in [2.45, 2.75) is 18.9 Å². The normalized spacial score (nSPS) is 23.6. The molecule has 0 spiro atoms. The van der Waals surface area contributed by atoms with E-state index in [0.29, 0.717) is 12.4 Å². The Kier molecular flexibility index (Phi) is 2.84. The van der Waals surface area contributed by atoms with Crippen molar-refractivity contribution in [3.63, 3.8) is 0 Å². The number of aryl methyl sites for hydroxylation is 1. The van der Waals surface area contributed by atoms with Crippen LogP contribution in [0, 0.1) is 6.92 Å². The lowest BCUT2D eigenvalue weighted by Gasteiger charge is -2.23. The molecule has 7 nitrogen and oxygen atoms in total. The summed E-state index contributed by atoms with van der Waals surface area (Å²) in [6.07, 6.45) is 1.38. The first-order chi connectivity index (χ1) is 8.05. The third-order valence-corrected chi connectivity index (χ3v) is 2.74. The number of amides is 1. The molecule has 2 heterocycles. The van der Waals surface area contributed by atoms with Crippen LogP contribution < -0.4 is 5.32 Å². The van der Waals surface area contributed by atoms with E-state index < -0.39 is 17.4 Å². The smallest absolute Gasteiger partial charge is 0.331 e. The van der Waals surface area contributed by atoms with E-state index in [1.165, 1.54) is 0 Å². The Balaban J connectivity index is 2.17. The minimum atomic E-state index is -1.36. The molecule has 1 unspecified atom stereocenters. The lowest BCUT2D eigenvalue weighted by Crippen LogP contribution is -2.55. The SMILES string of the molecule is Cc1ocnc1C(=O)NC1(C(=O)O)CCOC1. The summed E-state index contributed by atoms with van der Waals surface area (Å²) in [5.41, 5.74) is -1.26. The highest BCUT2D eigenvalue weighted by Gasteiger charge is 2.44. The van der Waals surface area contributed by atoms with Gasteiger partial charge < -0.3 is 19.6 Å². The second kappa shape index (κ2) is 4.17. The van der Waals surface area contributed by atoms with Crippen molar-refractivity contribution in [2.24, 2.45) is 0 Å². The minimum absolute atomic E-state index is 0.0367. The first-order valence-corrected chi connectivity index (χ1v) is 5.09. The van der Waals surface area contributed by atoms with Crippen LogP contribution in [-0.2, 0) is 9.53 Å². The van der Waals surface area contributed by atoms with E-state index in [0.717, 1.165) is 6.39 Å². The number of carbonyl (C=O) groups is 2. The number of aromatic nitrogens is 1. The van der Waals surface area contributed by atoms with Crippen LogP contribution in [0.5, 0.6) is 0 Å². The Hall–Kier alpha value is -1.89. The van der Waals surface area contributed by atoms with Crippen LogP contribution in [0.2, 0.25) is 0 Å². The number of carboxylic acids is 1. The Labute approximate surface area is 96.8 Å². The third-order valence-electron chi connectivity index (χ3n) is 2.74. The summed E-state index contributed by atoms with van der Waals surface area (Å²) in [4.78, 5) is 26.8. The number of hydrogen-bond acceptors (Lipinski definition) is 5. The molecule has 0 aromatic carbocycles. The van der Waals surface area contributed by atoms with Gasteiger partial charge in [0.05, 0.1) is 6.61 Å². The van der Waals surface area contributed by atoms with Gasteiger partial charge in [0.15, 0.2) is 17.6 Å². The summed E-state index contributed by atoms with van der Waals surface area (Å²) in [5.74, 6) is -1.32. The summed E-state index contributed by atoms with van der Waals surface area (Å²) in [6, 6.07) is 0. The summed E-state index contributed by atoms with van der Waals surface area (Å²) in [7, 11) is 0. The molecular formula is C10H12N2O5. The van der Waals surface area contributed by atoms with Crippen molar-refractivity contribution in [3.8, 4) is 0 Å². The number of nitrogens with zero attached hydrogens (tertiary/aromatic N) is 1. The van der Waals surface area contributed by atoms with Gasteiger partial charge in [-0.05, 0) is 6.92 Å². The molecule has 7 heteroatoms. The van der Waals surface area contributed by atoms with Gasteiger partial charge in [-0.3, -0.25) is 4.79 Å². The van der Waals surface area contributed by atoms with Gasteiger partial charge in [0, 0.05) is 13.0 Å². The highest BCUT2D eigenvalue weighted by molar-refractivity contribution is 5.97. The predicted molar refractivity (Wildman–Crippen MR) is 54.5 cm³/mol. The van der Waals surface area contributed by atoms with Gasteiger partial charge in [-0.1, -0.05) is 0 Å². The quantitative estimate of drug-likeness (QED) is 0.768. The van der Waals surface area contributed by atoms with Crippen molar-refractivity contribution in [2.75, 3.05) is 13.2 Å². The molecule has 1 fully saturated rings. The van der Waals surface area contributed by atoms with Crippen LogP contribution in [0.15, 0.2) is 10.8 Å². The van der Waals surface area contributed by atoms with E-state index in [9.17, 15) is 9.59 Å². The zero-order valence-corrected chi connectivity index (χ0v) is 9.23. The fraction of sp³-hybridized carbons (Fsp3) is 0.500. The Morgan fingerprint density at radius 3 is 2.82 bits per heavy atom. The van der Waals surface area contributed by atoms with Gasteiger partial charge in [-0.25, -0.2) is 9.78 Å². The largest absolute Gasteiger partial charge is 0.479 e. The Morgan fingerprint density at radius 1 is 1.59 bits per heavy atom. The van der Waals surface area contributed by atoms with Crippen LogP contribution in [-0.4, -0.2) is 40.7 Å².